The minimum Gasteiger partial charge on any atom is -0.478 e. The second-order valence-corrected chi connectivity index (χ2v) is 29.5. The number of rotatable bonds is 24. The molecule has 648 valence electrons. The van der Waals surface area contributed by atoms with Gasteiger partial charge in [-0.3, -0.25) is 0 Å². The molecule has 3 aliphatic heterocycles. The Morgan fingerprint density at radius 2 is 0.612 bits per heavy atom. The van der Waals surface area contributed by atoms with Crippen molar-refractivity contribution < 1.29 is 112 Å². The van der Waals surface area contributed by atoms with Gasteiger partial charge in [0.1, 0.15) is 69.8 Å². The summed E-state index contributed by atoms with van der Waals surface area (Å²) in [4.78, 5) is 48.1. The summed E-state index contributed by atoms with van der Waals surface area (Å²) in [5.41, 5.74) is 4.68. The lowest BCUT2D eigenvalue weighted by Gasteiger charge is -2.13. The average molecular weight is 1760 g/mol. The van der Waals surface area contributed by atoms with E-state index in [1.54, 1.807) is 86.5 Å². The van der Waals surface area contributed by atoms with Gasteiger partial charge >= 0.3 is 17.9 Å². The van der Waals surface area contributed by atoms with Crippen molar-refractivity contribution in [3.8, 4) is 86.1 Å². The molecule has 15 aromatic rings. The van der Waals surface area contributed by atoms with E-state index in [1.807, 2.05) is 18.2 Å². The van der Waals surface area contributed by atoms with Gasteiger partial charge in [0.05, 0.1) is 121 Å². The van der Waals surface area contributed by atoms with E-state index in [0.29, 0.717) is 86.9 Å². The van der Waals surface area contributed by atoms with Gasteiger partial charge in [0, 0.05) is 93.6 Å². The van der Waals surface area contributed by atoms with Gasteiger partial charge in [-0.15, -0.1) is 0 Å². The van der Waals surface area contributed by atoms with Crippen molar-refractivity contribution in [2.75, 3.05) is 41.2 Å². The zero-order valence-corrected chi connectivity index (χ0v) is 67.8. The number of fused-ring (bicyclic) bond motifs is 6. The Bertz CT molecular complexity index is 6450. The fraction of sp³-hybridized carbons (Fsp3) is 0.156. The van der Waals surface area contributed by atoms with E-state index in [-0.39, 0.29) is 157 Å². The summed E-state index contributed by atoms with van der Waals surface area (Å²) in [5, 5.41) is 55.3. The number of nitrogens with zero attached hydrogens (tertiary/aromatic N) is 9. The highest BCUT2D eigenvalue weighted by Crippen LogP contribution is 2.51. The number of nitriles is 3. The second kappa shape index (κ2) is 36.7. The standard InChI is InChI=1S/3C32H22F3N3O5/c3*1-41-10-9-38-27-14-18(31(39)40)6-8-26(27)37-29(38)15-22-24(34)12-19(13-25(22)35)20-3-2-4-28-30(20)43-32(42-28)21-7-5-17(16-36)11-23(21)33/h3*2-8,11-14,32H,9-10,15H2,1H3,(H,39,40). The number of benzene rings is 12. The molecule has 3 N–H and O–H groups in total. The molecule has 33 heteroatoms. The number of hydrogen-bond donors (Lipinski definition) is 3. The molecule has 6 heterocycles. The van der Waals surface area contributed by atoms with Crippen LogP contribution in [0.25, 0.3) is 66.5 Å². The van der Waals surface area contributed by atoms with Crippen molar-refractivity contribution in [2.24, 2.45) is 0 Å². The number of carbonyl (C=O) groups is 3. The first-order chi connectivity index (χ1) is 62.3. The normalized spacial score (nSPS) is 13.8. The summed E-state index contributed by atoms with van der Waals surface area (Å²) in [7, 11) is 4.53. The van der Waals surface area contributed by atoms with Crippen LogP contribution in [0.5, 0.6) is 34.5 Å². The van der Waals surface area contributed by atoms with Gasteiger partial charge in [0.15, 0.2) is 34.5 Å². The molecule has 18 rings (SSSR count). The molecule has 129 heavy (non-hydrogen) atoms. The molecule has 3 unspecified atom stereocenters. The third-order valence-corrected chi connectivity index (χ3v) is 21.6. The Labute approximate surface area is 725 Å². The summed E-state index contributed by atoms with van der Waals surface area (Å²) >= 11 is 0. The highest BCUT2D eigenvalue weighted by atomic mass is 19.2. The fourth-order valence-corrected chi connectivity index (χ4v) is 15.2. The molecule has 3 aromatic heterocycles. The number of para-hydroxylation sites is 3. The number of aromatic carboxylic acids is 3. The van der Waals surface area contributed by atoms with E-state index in [0.717, 1.165) is 18.2 Å². The second-order valence-electron chi connectivity index (χ2n) is 29.5. The first-order valence-corrected chi connectivity index (χ1v) is 39.4. The van der Waals surface area contributed by atoms with Crippen molar-refractivity contribution in [3.63, 3.8) is 0 Å². The highest BCUT2D eigenvalue weighted by molar-refractivity contribution is 5.95. The van der Waals surface area contributed by atoms with Crippen molar-refractivity contribution in [2.45, 2.75) is 57.8 Å². The van der Waals surface area contributed by atoms with Crippen LogP contribution in [-0.4, -0.2) is 103 Å². The van der Waals surface area contributed by atoms with Crippen molar-refractivity contribution in [1.82, 2.24) is 28.7 Å². The predicted octanol–water partition coefficient (Wildman–Crippen LogP) is 19.2. The molecule has 0 saturated heterocycles. The van der Waals surface area contributed by atoms with Gasteiger partial charge in [0.2, 0.25) is 0 Å². The molecule has 0 spiro atoms. The maximum Gasteiger partial charge on any atom is 0.335 e. The molecular weight excluding hydrogens is 1690 g/mol. The summed E-state index contributed by atoms with van der Waals surface area (Å²) in [6, 6.07) is 52.2. The van der Waals surface area contributed by atoms with E-state index >= 15 is 26.3 Å². The zero-order chi connectivity index (χ0) is 90.7. The summed E-state index contributed by atoms with van der Waals surface area (Å²) in [6.45, 7) is 1.69. The first-order valence-electron chi connectivity index (χ1n) is 39.4. The molecule has 12 aromatic carbocycles. The smallest absolute Gasteiger partial charge is 0.335 e. The van der Waals surface area contributed by atoms with Crippen molar-refractivity contribution in [3.05, 3.63) is 337 Å². The number of hydrogen-bond acceptors (Lipinski definition) is 18. The maximum absolute atomic E-state index is 15.6. The predicted molar refractivity (Wildman–Crippen MR) is 445 cm³/mol. The Kier molecular flexibility index (Phi) is 24.6. The van der Waals surface area contributed by atoms with Gasteiger partial charge in [-0.25, -0.2) is 68.8 Å². The van der Waals surface area contributed by atoms with Crippen molar-refractivity contribution in [1.29, 1.82) is 15.8 Å². The highest BCUT2D eigenvalue weighted by Gasteiger charge is 2.36. The van der Waals surface area contributed by atoms with Crippen molar-refractivity contribution >= 4 is 51.0 Å². The number of imidazole rings is 3. The van der Waals surface area contributed by atoms with Crippen LogP contribution in [-0.2, 0) is 53.1 Å². The molecule has 0 fully saturated rings. The molecule has 0 bridgehead atoms. The van der Waals surface area contributed by atoms with Gasteiger partial charge < -0.3 is 71.7 Å². The molecule has 0 saturated carbocycles. The Morgan fingerprint density at radius 3 is 0.845 bits per heavy atom. The minimum atomic E-state index is -1.15. The molecule has 0 aliphatic carbocycles. The lowest BCUT2D eigenvalue weighted by molar-refractivity contribution is 0.0454. The van der Waals surface area contributed by atoms with Crippen LogP contribution in [0, 0.1) is 86.3 Å². The number of halogens is 9. The molecule has 0 radical (unpaired) electrons. The average Bonchev–Trinajstić information content (AvgIpc) is 1.68. The first kappa shape index (κ1) is 86.5. The summed E-state index contributed by atoms with van der Waals surface area (Å²) in [6.07, 6.45) is -4.07. The largest absolute Gasteiger partial charge is 0.478 e. The van der Waals surface area contributed by atoms with Crippen LogP contribution < -0.4 is 28.4 Å². The quantitative estimate of drug-likeness (QED) is 0.0473. The van der Waals surface area contributed by atoms with Crippen LogP contribution in [0.4, 0.5) is 39.5 Å². The topological polar surface area (TPSA) is 320 Å². The fourth-order valence-electron chi connectivity index (χ4n) is 15.2. The SMILES string of the molecule is COCCn1c(Cc2c(F)cc(-c3cccc4c3OC(c3ccc(C#N)cc3F)O4)cc2F)nc2ccc(C(=O)O)cc21.COCCn1c(Cc2c(F)cc(-c3cccc4c3OC(c3ccc(C#N)cc3F)O4)cc2F)nc2ccc(C(=O)O)cc21.COCCn1c(Cc2c(F)cc(-c3cccc4c3OC(c3ccc(C#N)cc3F)O4)cc2F)nc2ccc(C(=O)O)cc21. The van der Waals surface area contributed by atoms with Gasteiger partial charge in [-0.05, 0) is 180 Å². The minimum absolute atomic E-state index is 0.0603. The third-order valence-electron chi connectivity index (χ3n) is 21.6. The lowest BCUT2D eigenvalue weighted by Crippen LogP contribution is -2.11. The van der Waals surface area contributed by atoms with Gasteiger partial charge in [-0.1, -0.05) is 36.4 Å². The van der Waals surface area contributed by atoms with Crippen LogP contribution in [0.1, 0.15) is 117 Å². The van der Waals surface area contributed by atoms with Crippen LogP contribution in [0.2, 0.25) is 0 Å². The molecule has 24 nitrogen and oxygen atoms in total. The Hall–Kier alpha value is -16.0. The maximum atomic E-state index is 15.6. The third kappa shape index (κ3) is 17.5. The number of methoxy groups -OCH3 is 3. The summed E-state index contributed by atoms with van der Waals surface area (Å²) in [5.74, 6) is -7.91. The molecule has 3 aliphatic rings. The number of ether oxygens (including phenoxy) is 9. The molecular formula is C96H66F9N9O15. The van der Waals surface area contributed by atoms with E-state index in [4.69, 9.17) is 58.4 Å². The van der Waals surface area contributed by atoms with Crippen LogP contribution in [0.15, 0.2) is 200 Å². The number of aromatic nitrogens is 6. The van der Waals surface area contributed by atoms with Crippen LogP contribution >= 0.6 is 0 Å². The molecule has 0 amide bonds. The van der Waals surface area contributed by atoms with Gasteiger partial charge in [0.25, 0.3) is 18.9 Å². The van der Waals surface area contributed by atoms with E-state index in [9.17, 15) is 42.9 Å². The molecule has 3 atom stereocenters. The number of carboxylic acids is 3. The van der Waals surface area contributed by atoms with E-state index in [1.165, 1.54) is 131 Å². The monoisotopic (exact) mass is 1760 g/mol. The lowest BCUT2D eigenvalue weighted by atomic mass is 10.00. The van der Waals surface area contributed by atoms with Gasteiger partial charge in [-0.2, -0.15) is 15.8 Å². The Balaban J connectivity index is 0.000000142. The Morgan fingerprint density at radius 1 is 0.349 bits per heavy atom. The summed E-state index contributed by atoms with van der Waals surface area (Å²) < 4.78 is 193. The van der Waals surface area contributed by atoms with E-state index < -0.39 is 89.1 Å². The number of carboxylic acid groups (broad SMARTS) is 3. The van der Waals surface area contributed by atoms with E-state index in [2.05, 4.69) is 15.0 Å². The zero-order valence-electron chi connectivity index (χ0n) is 67.8. The van der Waals surface area contributed by atoms with Crippen LogP contribution in [0.3, 0.4) is 0 Å².